The molecule has 0 radical (unpaired) electrons. The predicted octanol–water partition coefficient (Wildman–Crippen LogP) is 17.0. The molecule has 0 spiro atoms. The zero-order valence-corrected chi connectivity index (χ0v) is 42.7. The Morgan fingerprint density at radius 3 is 1.18 bits per heavy atom. The second-order valence-electron chi connectivity index (χ2n) is 19.9. The normalized spacial score (nSPS) is 12.5. The van der Waals surface area contributed by atoms with E-state index in [2.05, 4.69) is 53.7 Å². The Kier molecular flexibility index (Phi) is 27.5. The molecule has 6 heteroatoms. The van der Waals surface area contributed by atoms with Crippen molar-refractivity contribution in [3.63, 3.8) is 0 Å². The maximum absolute atomic E-state index is 15.9. The van der Waals surface area contributed by atoms with Gasteiger partial charge in [0, 0.05) is 0 Å². The monoisotopic (exact) mass is 911 g/mol. The molecule has 0 aliphatic heterocycles. The fourth-order valence-electron chi connectivity index (χ4n) is 8.78. The minimum absolute atomic E-state index is 0.0340. The number of rotatable bonds is 38. The smallest absolute Gasteiger partial charge is 0.0628 e. The summed E-state index contributed by atoms with van der Waals surface area (Å²) in [5, 5.41) is 0. The zero-order valence-electron chi connectivity index (χ0n) is 40.3. The second-order valence-corrected chi connectivity index (χ2v) is 28.6. The molecule has 2 aromatic carbocycles. The summed E-state index contributed by atoms with van der Waals surface area (Å²) >= 11 is -7.04. The summed E-state index contributed by atoms with van der Waals surface area (Å²) in [7, 11) is 0. The van der Waals surface area contributed by atoms with Crippen molar-refractivity contribution in [2.45, 2.75) is 247 Å². The van der Waals surface area contributed by atoms with Crippen molar-refractivity contribution >= 4 is 6.98 Å². The summed E-state index contributed by atoms with van der Waals surface area (Å²) in [6, 6.07) is 17.6. The number of carbonyl (C=O) groups excluding carboxylic acids is 2. The Hall–Kier alpha value is -1.78. The van der Waals surface area contributed by atoms with Crippen LogP contribution in [-0.4, -0.2) is 13.1 Å². The molecule has 0 aromatic heterocycles. The molecule has 0 fully saturated rings. The van der Waals surface area contributed by atoms with Gasteiger partial charge in [-0.25, -0.2) is 0 Å². The van der Waals surface area contributed by atoms with Gasteiger partial charge in [-0.15, -0.1) is 0 Å². The van der Waals surface area contributed by atoms with Crippen molar-refractivity contribution in [1.82, 2.24) is 0 Å². The standard InChI is InChI=1S/2C18H35O.C15H16O.C3H7O.O.Zr/c2*1-18(2)16-14-12-10-8-6-4-3-5-7-9-11-13-15-17-19;1-15(2,12-8-4-3-5-9-12)13-10-6-7-11-14(13)16;1-3(2)4;;/h2*18H,3-16H2,1-2H3;3-11,16H,1-2H3;3H,1-2H3;;/q;;;-1;;+2/p-1. The van der Waals surface area contributed by atoms with Gasteiger partial charge < -0.3 is 0 Å². The molecule has 60 heavy (non-hydrogen) atoms. The molecular weight excluding hydrogens is 820 g/mol. The molecule has 5 nitrogen and oxygen atoms in total. The molecule has 0 bridgehead atoms. The van der Waals surface area contributed by atoms with Crippen molar-refractivity contribution in [1.29, 1.82) is 0 Å². The van der Waals surface area contributed by atoms with Gasteiger partial charge in [0.1, 0.15) is 0 Å². The average molecular weight is 913 g/mol. The molecule has 2 aromatic rings. The summed E-state index contributed by atoms with van der Waals surface area (Å²) < 4.78 is 27.6. The fraction of sp³-hybridized carbons (Fsp3) is 0.741. The first-order valence-corrected chi connectivity index (χ1v) is 30.7. The van der Waals surface area contributed by atoms with E-state index < -0.39 is 38.2 Å². The van der Waals surface area contributed by atoms with Crippen LogP contribution in [0.5, 0.6) is 5.75 Å². The topological polar surface area (TPSA) is 69.7 Å². The van der Waals surface area contributed by atoms with Gasteiger partial charge in [-0.1, -0.05) is 66.2 Å². The van der Waals surface area contributed by atoms with Crippen molar-refractivity contribution in [3.05, 3.63) is 65.7 Å². The Bertz CT molecular complexity index is 1440. The van der Waals surface area contributed by atoms with Crippen molar-refractivity contribution in [2.24, 2.45) is 11.8 Å². The summed E-state index contributed by atoms with van der Waals surface area (Å²) in [6.45, 7) is 16.9. The van der Waals surface area contributed by atoms with Crippen LogP contribution in [0.4, 0.5) is 0 Å². The summed E-state index contributed by atoms with van der Waals surface area (Å²) in [6.07, 6.45) is 30.4. The van der Waals surface area contributed by atoms with E-state index in [0.29, 0.717) is 18.6 Å². The van der Waals surface area contributed by atoms with Crippen LogP contribution in [0.1, 0.15) is 246 Å². The van der Waals surface area contributed by atoms with Crippen LogP contribution in [-0.2, 0) is 40.3 Å². The van der Waals surface area contributed by atoms with Crippen LogP contribution < -0.4 is 2.81 Å². The Labute approximate surface area is 372 Å². The minimum atomic E-state index is -7.04. The van der Waals surface area contributed by atoms with Gasteiger partial charge in [0.2, 0.25) is 0 Å². The Balaban J connectivity index is 2.05. The molecule has 342 valence electrons. The van der Waals surface area contributed by atoms with E-state index in [1.165, 1.54) is 116 Å². The molecule has 0 aliphatic carbocycles. The van der Waals surface area contributed by atoms with E-state index in [1.807, 2.05) is 36.4 Å². The van der Waals surface area contributed by atoms with Gasteiger partial charge in [-0.2, -0.15) is 0 Å². The van der Waals surface area contributed by atoms with Gasteiger partial charge in [0.25, 0.3) is 0 Å². The molecule has 0 unspecified atom stereocenters. The van der Waals surface area contributed by atoms with Crippen LogP contribution in [0.3, 0.4) is 0 Å². The molecule has 0 atom stereocenters. The number of carbonyl (C=O) groups is 2. The van der Waals surface area contributed by atoms with Crippen LogP contribution in [0.25, 0.3) is 0 Å². The summed E-state index contributed by atoms with van der Waals surface area (Å²) in [5.74, 6) is 1.93. The van der Waals surface area contributed by atoms with E-state index >= 15 is 2.81 Å². The van der Waals surface area contributed by atoms with E-state index in [-0.39, 0.29) is 12.8 Å². The van der Waals surface area contributed by atoms with Crippen LogP contribution >= 0.6 is 0 Å². The SMILES string of the molecule is CC(C)CCCCCCCCCCCCCC[C](=O)[Zr](=[O])([O]c1ccccc1C(C)(C)c1ccccc1)([O]C(C)C)[C](=O)CCCCCCCCCCCCCCC(C)C. The fourth-order valence-corrected chi connectivity index (χ4v) is 17.4. The van der Waals surface area contributed by atoms with Gasteiger partial charge in [-0.3, -0.25) is 0 Å². The first kappa shape index (κ1) is 54.4. The van der Waals surface area contributed by atoms with E-state index in [4.69, 9.17) is 5.63 Å². The average Bonchev–Trinajstić information content (AvgIpc) is 3.20. The van der Waals surface area contributed by atoms with Gasteiger partial charge in [-0.05, 0) is 11.8 Å². The molecule has 2 rings (SSSR count). The van der Waals surface area contributed by atoms with Crippen LogP contribution in [0, 0.1) is 11.8 Å². The van der Waals surface area contributed by atoms with E-state index in [0.717, 1.165) is 61.5 Å². The van der Waals surface area contributed by atoms with Gasteiger partial charge >= 0.3 is 297 Å². The number of hydrogen-bond acceptors (Lipinski definition) is 5. The maximum atomic E-state index is 15.9. The van der Waals surface area contributed by atoms with Crippen molar-refractivity contribution in [2.75, 3.05) is 0 Å². The Morgan fingerprint density at radius 2 is 0.817 bits per heavy atom. The molecule has 0 aliphatic rings. The number of para-hydroxylation sites is 1. The van der Waals surface area contributed by atoms with Gasteiger partial charge in [0.05, 0.1) is 0 Å². The quantitative estimate of drug-likeness (QED) is 0.0628. The third-order valence-electron chi connectivity index (χ3n) is 12.6. The van der Waals surface area contributed by atoms with E-state index in [1.54, 1.807) is 19.9 Å². The number of benzene rings is 2. The zero-order chi connectivity index (χ0) is 44.1. The molecule has 0 N–H and O–H groups in total. The number of unbranched alkanes of at least 4 members (excludes halogenated alkanes) is 22. The van der Waals surface area contributed by atoms with E-state index in [9.17, 15) is 9.59 Å². The minimum Gasteiger partial charge on any atom is -0.0628 e. The van der Waals surface area contributed by atoms with Crippen molar-refractivity contribution in [3.8, 4) is 5.75 Å². The molecule has 0 saturated heterocycles. The Morgan fingerprint density at radius 1 is 0.483 bits per heavy atom. The molecule has 0 heterocycles. The van der Waals surface area contributed by atoms with Crippen LogP contribution in [0.15, 0.2) is 54.6 Å². The van der Waals surface area contributed by atoms with Gasteiger partial charge in [0.15, 0.2) is 0 Å². The predicted molar refractivity (Wildman–Crippen MR) is 252 cm³/mol. The first-order valence-electron chi connectivity index (χ1n) is 25.2. The second kappa shape index (κ2) is 30.3. The summed E-state index contributed by atoms with van der Waals surface area (Å²) in [4.78, 5) is 29.2. The molecular formula is C54H92O5Zr. The third kappa shape index (κ3) is 20.6. The third-order valence-corrected chi connectivity index (χ3v) is 22.3. The first-order chi connectivity index (χ1) is 28.7. The van der Waals surface area contributed by atoms with Crippen molar-refractivity contribution < 1.29 is 37.7 Å². The summed E-state index contributed by atoms with van der Waals surface area (Å²) in [5.41, 5.74) is 1.28. The molecule has 0 saturated carbocycles. The number of hydrogen-bond donors (Lipinski definition) is 0. The van der Waals surface area contributed by atoms with Crippen LogP contribution in [0.2, 0.25) is 0 Å². The molecule has 0 amide bonds.